The summed E-state index contributed by atoms with van der Waals surface area (Å²) in [7, 11) is 0. The first-order chi connectivity index (χ1) is 9.77. The second-order valence-electron chi connectivity index (χ2n) is 5.84. The average Bonchev–Trinajstić information content (AvgIpc) is 2.72. The standard InChI is InChI=1S/C16H34N4/c1-3-11-19(12-4-2)13-9-10-18-16(17)20-14-7-5-6-8-15-20/h3-15H2,1-2H3,(H2,17,18). The Bertz CT molecular complexity index is 251. The van der Waals surface area contributed by atoms with Crippen molar-refractivity contribution in [2.24, 2.45) is 10.7 Å². The average molecular weight is 282 g/mol. The van der Waals surface area contributed by atoms with Crippen LogP contribution in [0.15, 0.2) is 4.99 Å². The van der Waals surface area contributed by atoms with Gasteiger partial charge in [-0.15, -0.1) is 0 Å². The lowest BCUT2D eigenvalue weighted by Crippen LogP contribution is -2.38. The van der Waals surface area contributed by atoms with Crippen molar-refractivity contribution < 1.29 is 0 Å². The van der Waals surface area contributed by atoms with Crippen LogP contribution in [0.2, 0.25) is 0 Å². The van der Waals surface area contributed by atoms with Crippen molar-refractivity contribution in [3.05, 3.63) is 0 Å². The van der Waals surface area contributed by atoms with Gasteiger partial charge in [-0.1, -0.05) is 26.7 Å². The van der Waals surface area contributed by atoms with Crippen LogP contribution in [0.3, 0.4) is 0 Å². The molecule has 0 bridgehead atoms. The number of nitrogens with zero attached hydrogens (tertiary/aromatic N) is 3. The highest BCUT2D eigenvalue weighted by Gasteiger charge is 2.10. The minimum absolute atomic E-state index is 0.768. The first-order valence-corrected chi connectivity index (χ1v) is 8.55. The molecule has 0 unspecified atom stereocenters. The van der Waals surface area contributed by atoms with Gasteiger partial charge >= 0.3 is 0 Å². The van der Waals surface area contributed by atoms with E-state index in [1.54, 1.807) is 0 Å². The molecule has 0 spiro atoms. The van der Waals surface area contributed by atoms with Gasteiger partial charge in [-0.2, -0.15) is 0 Å². The van der Waals surface area contributed by atoms with Crippen molar-refractivity contribution in [2.75, 3.05) is 39.3 Å². The Morgan fingerprint density at radius 3 is 2.15 bits per heavy atom. The Kier molecular flexibility index (Phi) is 9.46. The van der Waals surface area contributed by atoms with Crippen molar-refractivity contribution in [1.82, 2.24) is 9.80 Å². The molecule has 1 rings (SSSR count). The van der Waals surface area contributed by atoms with Crippen LogP contribution < -0.4 is 5.73 Å². The van der Waals surface area contributed by atoms with Gasteiger partial charge in [0.1, 0.15) is 0 Å². The smallest absolute Gasteiger partial charge is 0.191 e. The maximum absolute atomic E-state index is 6.11. The third kappa shape index (κ3) is 7.13. The van der Waals surface area contributed by atoms with E-state index >= 15 is 0 Å². The molecule has 1 heterocycles. The van der Waals surface area contributed by atoms with Crippen LogP contribution in [-0.2, 0) is 0 Å². The summed E-state index contributed by atoms with van der Waals surface area (Å²) >= 11 is 0. The highest BCUT2D eigenvalue weighted by Crippen LogP contribution is 2.09. The van der Waals surface area contributed by atoms with Gasteiger partial charge in [0.25, 0.3) is 0 Å². The number of aliphatic imine (C=N–C) groups is 1. The molecule has 0 aromatic rings. The van der Waals surface area contributed by atoms with Crippen molar-refractivity contribution >= 4 is 5.96 Å². The second kappa shape index (κ2) is 11.0. The summed E-state index contributed by atoms with van der Waals surface area (Å²) in [6.07, 6.45) is 8.79. The zero-order valence-electron chi connectivity index (χ0n) is 13.6. The molecule has 0 radical (unpaired) electrons. The second-order valence-corrected chi connectivity index (χ2v) is 5.84. The number of hydrogen-bond donors (Lipinski definition) is 1. The fourth-order valence-electron chi connectivity index (χ4n) is 2.86. The number of likely N-dealkylation sites (tertiary alicyclic amines) is 1. The molecule has 118 valence electrons. The lowest BCUT2D eigenvalue weighted by Gasteiger charge is -2.22. The lowest BCUT2D eigenvalue weighted by molar-refractivity contribution is 0.273. The molecule has 1 aliphatic heterocycles. The largest absolute Gasteiger partial charge is 0.370 e. The predicted molar refractivity (Wildman–Crippen MR) is 88.2 cm³/mol. The number of hydrogen-bond acceptors (Lipinski definition) is 2. The van der Waals surface area contributed by atoms with Crippen molar-refractivity contribution in [3.63, 3.8) is 0 Å². The first-order valence-electron chi connectivity index (χ1n) is 8.55. The summed E-state index contributed by atoms with van der Waals surface area (Å²) in [5.41, 5.74) is 6.11. The van der Waals surface area contributed by atoms with E-state index in [2.05, 4.69) is 28.6 Å². The van der Waals surface area contributed by atoms with Crippen molar-refractivity contribution in [2.45, 2.75) is 58.8 Å². The van der Waals surface area contributed by atoms with E-state index in [0.717, 1.165) is 38.6 Å². The highest BCUT2D eigenvalue weighted by molar-refractivity contribution is 5.78. The Morgan fingerprint density at radius 2 is 1.60 bits per heavy atom. The quantitative estimate of drug-likeness (QED) is 0.423. The normalized spacial score (nSPS) is 17.6. The number of nitrogens with two attached hydrogens (primary N) is 1. The van der Waals surface area contributed by atoms with Crippen LogP contribution in [0.4, 0.5) is 0 Å². The maximum atomic E-state index is 6.11. The molecule has 1 aliphatic rings. The van der Waals surface area contributed by atoms with E-state index in [9.17, 15) is 0 Å². The summed E-state index contributed by atoms with van der Waals surface area (Å²) in [5.74, 6) is 0.768. The van der Waals surface area contributed by atoms with Gasteiger partial charge in [0.2, 0.25) is 0 Å². The minimum atomic E-state index is 0.768. The number of guanidine groups is 1. The fraction of sp³-hybridized carbons (Fsp3) is 0.938. The molecule has 0 saturated carbocycles. The molecule has 0 aromatic carbocycles. The summed E-state index contributed by atoms with van der Waals surface area (Å²) < 4.78 is 0. The van der Waals surface area contributed by atoms with Crippen LogP contribution in [0.1, 0.15) is 58.8 Å². The van der Waals surface area contributed by atoms with Gasteiger partial charge in [0.15, 0.2) is 5.96 Å². The van der Waals surface area contributed by atoms with E-state index in [1.807, 2.05) is 0 Å². The molecule has 0 amide bonds. The van der Waals surface area contributed by atoms with E-state index in [-0.39, 0.29) is 0 Å². The molecule has 4 heteroatoms. The molecule has 1 fully saturated rings. The van der Waals surface area contributed by atoms with Gasteiger partial charge in [0, 0.05) is 19.6 Å². The third-order valence-electron chi connectivity index (χ3n) is 3.92. The highest BCUT2D eigenvalue weighted by atomic mass is 15.2. The Labute approximate surface area is 125 Å². The monoisotopic (exact) mass is 282 g/mol. The summed E-state index contributed by atoms with van der Waals surface area (Å²) in [5, 5.41) is 0. The van der Waals surface area contributed by atoms with Crippen LogP contribution in [0, 0.1) is 0 Å². The Morgan fingerprint density at radius 1 is 1.00 bits per heavy atom. The fourth-order valence-corrected chi connectivity index (χ4v) is 2.86. The Balaban J connectivity index is 2.24. The zero-order valence-corrected chi connectivity index (χ0v) is 13.6. The van der Waals surface area contributed by atoms with Gasteiger partial charge in [-0.05, 0) is 51.7 Å². The summed E-state index contributed by atoms with van der Waals surface area (Å²) in [4.78, 5) is 9.38. The van der Waals surface area contributed by atoms with E-state index in [0.29, 0.717) is 0 Å². The topological polar surface area (TPSA) is 44.9 Å². The lowest BCUT2D eigenvalue weighted by atomic mass is 10.2. The summed E-state index contributed by atoms with van der Waals surface area (Å²) in [6.45, 7) is 11.1. The molecule has 0 atom stereocenters. The van der Waals surface area contributed by atoms with Crippen molar-refractivity contribution in [3.8, 4) is 0 Å². The van der Waals surface area contributed by atoms with Gasteiger partial charge in [0.05, 0.1) is 0 Å². The maximum Gasteiger partial charge on any atom is 0.191 e. The molecule has 4 nitrogen and oxygen atoms in total. The van der Waals surface area contributed by atoms with E-state index < -0.39 is 0 Å². The van der Waals surface area contributed by atoms with Crippen LogP contribution in [-0.4, -0.2) is 55.0 Å². The van der Waals surface area contributed by atoms with Crippen LogP contribution >= 0.6 is 0 Å². The zero-order chi connectivity index (χ0) is 14.6. The number of rotatable bonds is 8. The third-order valence-corrected chi connectivity index (χ3v) is 3.92. The molecular weight excluding hydrogens is 248 g/mol. The van der Waals surface area contributed by atoms with Gasteiger partial charge in [-0.25, -0.2) is 0 Å². The molecule has 0 aliphatic carbocycles. The summed E-state index contributed by atoms with van der Waals surface area (Å²) in [6, 6.07) is 0. The molecule has 20 heavy (non-hydrogen) atoms. The molecule has 1 saturated heterocycles. The van der Waals surface area contributed by atoms with Crippen LogP contribution in [0.5, 0.6) is 0 Å². The SMILES string of the molecule is CCCN(CCC)CCCN=C(N)N1CCCCCC1. The molecular formula is C16H34N4. The van der Waals surface area contributed by atoms with E-state index in [1.165, 1.54) is 51.6 Å². The van der Waals surface area contributed by atoms with Gasteiger partial charge in [-0.3, -0.25) is 4.99 Å². The molecule has 0 aromatic heterocycles. The molecule has 2 N–H and O–H groups in total. The minimum Gasteiger partial charge on any atom is -0.370 e. The first kappa shape index (κ1) is 17.3. The Hall–Kier alpha value is -0.770. The van der Waals surface area contributed by atoms with Crippen molar-refractivity contribution in [1.29, 1.82) is 0 Å². The van der Waals surface area contributed by atoms with Gasteiger partial charge < -0.3 is 15.5 Å². The van der Waals surface area contributed by atoms with E-state index in [4.69, 9.17) is 5.73 Å². The van der Waals surface area contributed by atoms with Crippen LogP contribution in [0.25, 0.3) is 0 Å². The predicted octanol–water partition coefficient (Wildman–Crippen LogP) is 2.69.